The molecular weight excluding hydrogens is 204 g/mol. The van der Waals surface area contributed by atoms with Crippen molar-refractivity contribution in [1.82, 2.24) is 0 Å². The average molecular weight is 226 g/mol. The number of rotatable bonds is 2. The maximum atomic E-state index is 10.4. The Labute approximate surface area is 97.1 Å². The van der Waals surface area contributed by atoms with Gasteiger partial charge in [0.15, 0.2) is 0 Å². The Kier molecular flexibility index (Phi) is 2.94. The second-order valence-electron chi connectivity index (χ2n) is 5.75. The van der Waals surface area contributed by atoms with E-state index in [1.807, 2.05) is 0 Å². The predicted octanol–water partition coefficient (Wildman–Crippen LogP) is 1.73. The lowest BCUT2D eigenvalue weighted by atomic mass is 9.69. The topological polar surface area (TPSA) is 38.7 Å². The summed E-state index contributed by atoms with van der Waals surface area (Å²) in [7, 11) is 0. The normalized spacial score (nSPS) is 39.6. The van der Waals surface area contributed by atoms with E-state index in [1.54, 1.807) is 0 Å². The Hall–Kier alpha value is -0.120. The largest absolute Gasteiger partial charge is 0.392 e. The summed E-state index contributed by atoms with van der Waals surface area (Å²) in [5.74, 6) is 0.820. The molecular formula is C13H22O3. The maximum absolute atomic E-state index is 10.4. The van der Waals surface area contributed by atoms with Gasteiger partial charge < -0.3 is 14.6 Å². The van der Waals surface area contributed by atoms with Crippen molar-refractivity contribution < 1.29 is 14.6 Å². The molecule has 0 amide bonds. The van der Waals surface area contributed by atoms with E-state index in [1.165, 1.54) is 19.3 Å². The monoisotopic (exact) mass is 226 g/mol. The first-order valence-electron chi connectivity index (χ1n) is 6.69. The molecule has 3 unspecified atom stereocenters. The third kappa shape index (κ3) is 1.89. The Morgan fingerprint density at radius 3 is 2.56 bits per heavy atom. The van der Waals surface area contributed by atoms with Crippen molar-refractivity contribution in [3.05, 3.63) is 0 Å². The van der Waals surface area contributed by atoms with Gasteiger partial charge in [0, 0.05) is 19.1 Å². The summed E-state index contributed by atoms with van der Waals surface area (Å²) in [5, 5.41) is 10.4. The van der Waals surface area contributed by atoms with E-state index in [0.29, 0.717) is 11.8 Å². The molecule has 2 aliphatic heterocycles. The van der Waals surface area contributed by atoms with Gasteiger partial charge in [-0.05, 0) is 44.4 Å². The van der Waals surface area contributed by atoms with E-state index < -0.39 is 0 Å². The van der Waals surface area contributed by atoms with Crippen LogP contribution in [-0.2, 0) is 9.47 Å². The van der Waals surface area contributed by atoms with E-state index in [0.717, 1.165) is 39.1 Å². The zero-order valence-electron chi connectivity index (χ0n) is 9.86. The summed E-state index contributed by atoms with van der Waals surface area (Å²) in [6, 6.07) is 0. The van der Waals surface area contributed by atoms with Gasteiger partial charge in [-0.3, -0.25) is 0 Å². The first-order valence-corrected chi connectivity index (χ1v) is 6.69. The highest BCUT2D eigenvalue weighted by Crippen LogP contribution is 2.46. The van der Waals surface area contributed by atoms with Crippen molar-refractivity contribution >= 4 is 0 Å². The average Bonchev–Trinajstić information content (AvgIpc) is 2.79. The Morgan fingerprint density at radius 1 is 1.12 bits per heavy atom. The van der Waals surface area contributed by atoms with Crippen LogP contribution in [-0.4, -0.2) is 36.6 Å². The number of hydrogen-bond acceptors (Lipinski definition) is 3. The molecule has 16 heavy (non-hydrogen) atoms. The first-order chi connectivity index (χ1) is 7.79. The van der Waals surface area contributed by atoms with Crippen LogP contribution < -0.4 is 0 Å². The van der Waals surface area contributed by atoms with E-state index in [-0.39, 0.29) is 11.7 Å². The van der Waals surface area contributed by atoms with E-state index in [2.05, 4.69) is 0 Å². The van der Waals surface area contributed by atoms with Gasteiger partial charge in [0.2, 0.25) is 0 Å². The van der Waals surface area contributed by atoms with Crippen LogP contribution in [0.3, 0.4) is 0 Å². The molecule has 3 fully saturated rings. The molecule has 0 aromatic rings. The second-order valence-corrected chi connectivity index (χ2v) is 5.75. The SMILES string of the molecule is OC(C1CCOC1)C1CCOC2(CCC2)C1. The quantitative estimate of drug-likeness (QED) is 0.779. The third-order valence-electron chi connectivity index (χ3n) is 4.73. The smallest absolute Gasteiger partial charge is 0.0686 e. The first kappa shape index (κ1) is 11.0. The molecule has 0 aromatic carbocycles. The van der Waals surface area contributed by atoms with Crippen molar-refractivity contribution in [3.63, 3.8) is 0 Å². The fourth-order valence-corrected chi connectivity index (χ4v) is 3.48. The molecule has 3 aliphatic rings. The van der Waals surface area contributed by atoms with Gasteiger partial charge >= 0.3 is 0 Å². The minimum Gasteiger partial charge on any atom is -0.392 e. The molecule has 3 rings (SSSR count). The lowest BCUT2D eigenvalue weighted by molar-refractivity contribution is -0.161. The van der Waals surface area contributed by atoms with E-state index in [4.69, 9.17) is 9.47 Å². The Bertz CT molecular complexity index is 244. The van der Waals surface area contributed by atoms with Crippen molar-refractivity contribution in [3.8, 4) is 0 Å². The molecule has 1 N–H and O–H groups in total. The highest BCUT2D eigenvalue weighted by Gasteiger charge is 2.45. The summed E-state index contributed by atoms with van der Waals surface area (Å²) >= 11 is 0. The van der Waals surface area contributed by atoms with Crippen LogP contribution in [0.25, 0.3) is 0 Å². The number of aliphatic hydroxyl groups excluding tert-OH is 1. The fraction of sp³-hybridized carbons (Fsp3) is 1.00. The molecule has 2 saturated heterocycles. The van der Waals surface area contributed by atoms with Crippen molar-refractivity contribution in [2.45, 2.75) is 50.2 Å². The van der Waals surface area contributed by atoms with Gasteiger partial charge in [-0.1, -0.05) is 0 Å². The van der Waals surface area contributed by atoms with Crippen LogP contribution in [0, 0.1) is 11.8 Å². The molecule has 1 spiro atoms. The van der Waals surface area contributed by atoms with Gasteiger partial charge in [0.25, 0.3) is 0 Å². The van der Waals surface area contributed by atoms with Crippen molar-refractivity contribution in [1.29, 1.82) is 0 Å². The second kappa shape index (κ2) is 4.28. The fourth-order valence-electron chi connectivity index (χ4n) is 3.48. The highest BCUT2D eigenvalue weighted by molar-refractivity contribution is 4.96. The van der Waals surface area contributed by atoms with Crippen LogP contribution in [0.4, 0.5) is 0 Å². The minimum atomic E-state index is -0.163. The molecule has 0 bridgehead atoms. The van der Waals surface area contributed by atoms with E-state index in [9.17, 15) is 5.11 Å². The lowest BCUT2D eigenvalue weighted by Crippen LogP contribution is -2.48. The zero-order valence-corrected chi connectivity index (χ0v) is 9.86. The van der Waals surface area contributed by atoms with Crippen LogP contribution in [0.15, 0.2) is 0 Å². The van der Waals surface area contributed by atoms with Gasteiger partial charge in [0.1, 0.15) is 0 Å². The number of ether oxygens (including phenoxy) is 2. The molecule has 3 nitrogen and oxygen atoms in total. The molecule has 1 saturated carbocycles. The zero-order chi connectivity index (χ0) is 11.0. The van der Waals surface area contributed by atoms with Crippen LogP contribution in [0.5, 0.6) is 0 Å². The lowest BCUT2D eigenvalue weighted by Gasteiger charge is -2.48. The van der Waals surface area contributed by atoms with Gasteiger partial charge in [0.05, 0.1) is 18.3 Å². The number of hydrogen-bond donors (Lipinski definition) is 1. The van der Waals surface area contributed by atoms with Gasteiger partial charge in [-0.25, -0.2) is 0 Å². The minimum absolute atomic E-state index is 0.156. The van der Waals surface area contributed by atoms with Crippen LogP contribution >= 0.6 is 0 Å². The standard InChI is InChI=1S/C13H22O3/c14-12(11-2-6-15-9-11)10-3-7-16-13(8-10)4-1-5-13/h10-12,14H,1-9H2. The summed E-state index contributed by atoms with van der Waals surface area (Å²) in [6.07, 6.45) is 6.68. The van der Waals surface area contributed by atoms with Gasteiger partial charge in [-0.15, -0.1) is 0 Å². The summed E-state index contributed by atoms with van der Waals surface area (Å²) in [6.45, 7) is 2.43. The predicted molar refractivity (Wildman–Crippen MR) is 60.2 cm³/mol. The maximum Gasteiger partial charge on any atom is 0.0686 e. The molecule has 0 aromatic heterocycles. The van der Waals surface area contributed by atoms with Crippen LogP contribution in [0.2, 0.25) is 0 Å². The van der Waals surface area contributed by atoms with Crippen LogP contribution in [0.1, 0.15) is 38.5 Å². The summed E-state index contributed by atoms with van der Waals surface area (Å²) < 4.78 is 11.3. The molecule has 0 radical (unpaired) electrons. The Balaban J connectivity index is 1.60. The van der Waals surface area contributed by atoms with E-state index >= 15 is 0 Å². The van der Waals surface area contributed by atoms with Gasteiger partial charge in [-0.2, -0.15) is 0 Å². The summed E-state index contributed by atoms with van der Waals surface area (Å²) in [5.41, 5.74) is 0.156. The molecule has 92 valence electrons. The third-order valence-corrected chi connectivity index (χ3v) is 4.73. The molecule has 2 heterocycles. The number of aliphatic hydroxyl groups is 1. The Morgan fingerprint density at radius 2 is 1.94 bits per heavy atom. The van der Waals surface area contributed by atoms with Crippen molar-refractivity contribution in [2.75, 3.05) is 19.8 Å². The van der Waals surface area contributed by atoms with Crippen molar-refractivity contribution in [2.24, 2.45) is 11.8 Å². The highest BCUT2D eigenvalue weighted by atomic mass is 16.5. The summed E-state index contributed by atoms with van der Waals surface area (Å²) in [4.78, 5) is 0. The molecule has 1 aliphatic carbocycles. The molecule has 3 atom stereocenters. The molecule has 3 heteroatoms.